The Labute approximate surface area is 128 Å². The van der Waals surface area contributed by atoms with Gasteiger partial charge in [-0.25, -0.2) is 8.78 Å². The van der Waals surface area contributed by atoms with Gasteiger partial charge in [0, 0.05) is 26.2 Å². The summed E-state index contributed by atoms with van der Waals surface area (Å²) >= 11 is 0. The fraction of sp³-hybridized carbons (Fsp3) is 0.867. The molecule has 2 atom stereocenters. The molecule has 7 heteroatoms. The molecule has 0 saturated carbocycles. The Balaban J connectivity index is 1.71. The first kappa shape index (κ1) is 15.6. The number of fused-ring (bicyclic) bond motifs is 1. The average Bonchev–Trinajstić information content (AvgIpc) is 2.87. The zero-order valence-corrected chi connectivity index (χ0v) is 12.8. The number of hydrogen-bond acceptors (Lipinski definition) is 3. The van der Waals surface area contributed by atoms with E-state index in [0.29, 0.717) is 19.8 Å². The minimum absolute atomic E-state index is 0.187. The maximum atomic E-state index is 15.0. The lowest BCUT2D eigenvalue weighted by Gasteiger charge is -2.28. The monoisotopic (exact) mass is 316 g/mol. The first-order chi connectivity index (χ1) is 10.4. The minimum Gasteiger partial charge on any atom is -0.381 e. The van der Waals surface area contributed by atoms with Crippen molar-refractivity contribution in [3.63, 3.8) is 0 Å². The second-order valence-corrected chi connectivity index (χ2v) is 6.61. The molecule has 22 heavy (non-hydrogen) atoms. The van der Waals surface area contributed by atoms with Gasteiger partial charge >= 0.3 is 0 Å². The molecule has 3 aliphatic heterocycles. The molecule has 0 aromatic rings. The first-order valence-electron chi connectivity index (χ1n) is 7.92. The molecular weight excluding hydrogens is 294 g/mol. The number of amides is 2. The van der Waals surface area contributed by atoms with Crippen molar-refractivity contribution in [1.29, 1.82) is 0 Å². The molecule has 0 aliphatic carbocycles. The second-order valence-electron chi connectivity index (χ2n) is 6.61. The summed E-state index contributed by atoms with van der Waals surface area (Å²) in [4.78, 5) is 26.5. The molecule has 0 aromatic carbocycles. The Kier molecular flexibility index (Phi) is 3.87. The maximum Gasteiger partial charge on any atom is 0.265 e. The number of carbonyl (C=O) groups is 2. The van der Waals surface area contributed by atoms with Crippen LogP contribution in [0.1, 0.15) is 26.2 Å². The highest BCUT2D eigenvalue weighted by Gasteiger charge is 2.71. The molecular formula is C15H22F2N2O3. The van der Waals surface area contributed by atoms with Gasteiger partial charge in [-0.05, 0) is 18.8 Å². The Bertz CT molecular complexity index is 483. The Hall–Kier alpha value is -1.24. The number of rotatable bonds is 3. The van der Waals surface area contributed by atoms with Crippen molar-refractivity contribution in [2.75, 3.05) is 39.4 Å². The van der Waals surface area contributed by atoms with Crippen LogP contribution in [-0.4, -0.2) is 72.3 Å². The molecule has 0 radical (unpaired) electrons. The summed E-state index contributed by atoms with van der Waals surface area (Å²) in [5.41, 5.74) is -4.86. The van der Waals surface area contributed by atoms with E-state index in [0.717, 1.165) is 17.7 Å². The predicted molar refractivity (Wildman–Crippen MR) is 74.7 cm³/mol. The van der Waals surface area contributed by atoms with Gasteiger partial charge in [-0.15, -0.1) is 0 Å². The van der Waals surface area contributed by atoms with E-state index < -0.39 is 23.8 Å². The standard InChI is InChI=1S/C15H22F2N2O3/c1-2-12(20)19-9-14(16)8-18(13(21)15(14,17)10-19)7-11-3-5-22-6-4-11/h11H,2-10H2,1H3/t14-,15-/m0/s1. The van der Waals surface area contributed by atoms with Crippen LogP contribution in [0.2, 0.25) is 0 Å². The smallest absolute Gasteiger partial charge is 0.265 e. The molecule has 0 spiro atoms. The van der Waals surface area contributed by atoms with E-state index in [4.69, 9.17) is 4.74 Å². The van der Waals surface area contributed by atoms with Crippen LogP contribution in [-0.2, 0) is 14.3 Å². The number of ether oxygens (including phenoxy) is 1. The molecule has 0 bridgehead atoms. The van der Waals surface area contributed by atoms with E-state index >= 15 is 8.78 Å². The van der Waals surface area contributed by atoms with E-state index in [1.165, 1.54) is 4.90 Å². The second kappa shape index (κ2) is 5.44. The molecule has 124 valence electrons. The highest BCUT2D eigenvalue weighted by Crippen LogP contribution is 2.46. The number of carbonyl (C=O) groups excluding carboxylic acids is 2. The van der Waals surface area contributed by atoms with Gasteiger partial charge in [0.15, 0.2) is 5.67 Å². The maximum absolute atomic E-state index is 15.0. The normalized spacial score (nSPS) is 36.0. The summed E-state index contributed by atoms with van der Waals surface area (Å²) in [6, 6.07) is 0. The van der Waals surface area contributed by atoms with Crippen molar-refractivity contribution in [3.05, 3.63) is 0 Å². The molecule has 3 rings (SSSR count). The van der Waals surface area contributed by atoms with Gasteiger partial charge < -0.3 is 14.5 Å². The molecule has 3 aliphatic rings. The molecule has 5 nitrogen and oxygen atoms in total. The Morgan fingerprint density at radius 2 is 1.95 bits per heavy atom. The molecule has 2 amide bonds. The minimum atomic E-state index is -2.58. The summed E-state index contributed by atoms with van der Waals surface area (Å²) in [7, 11) is 0. The van der Waals surface area contributed by atoms with Crippen molar-refractivity contribution in [3.8, 4) is 0 Å². The average molecular weight is 316 g/mol. The Morgan fingerprint density at radius 1 is 1.27 bits per heavy atom. The summed E-state index contributed by atoms with van der Waals surface area (Å²) < 4.78 is 35.3. The quantitative estimate of drug-likeness (QED) is 0.778. The first-order valence-corrected chi connectivity index (χ1v) is 7.92. The highest BCUT2D eigenvalue weighted by molar-refractivity contribution is 5.92. The van der Waals surface area contributed by atoms with E-state index in [2.05, 4.69) is 0 Å². The largest absolute Gasteiger partial charge is 0.381 e. The topological polar surface area (TPSA) is 49.9 Å². The molecule has 0 unspecified atom stereocenters. The van der Waals surface area contributed by atoms with Crippen LogP contribution in [0.3, 0.4) is 0 Å². The third-order valence-corrected chi connectivity index (χ3v) is 5.10. The number of halogens is 2. The number of hydrogen-bond donors (Lipinski definition) is 0. The molecule has 3 heterocycles. The van der Waals surface area contributed by atoms with Gasteiger partial charge in [0.25, 0.3) is 5.91 Å². The van der Waals surface area contributed by atoms with Gasteiger partial charge in [0.05, 0.1) is 19.6 Å². The lowest BCUT2D eigenvalue weighted by molar-refractivity contribution is -0.140. The van der Waals surface area contributed by atoms with E-state index in [1.54, 1.807) is 6.92 Å². The van der Waals surface area contributed by atoms with Crippen molar-refractivity contribution >= 4 is 11.8 Å². The summed E-state index contributed by atoms with van der Waals surface area (Å²) in [5, 5.41) is 0. The van der Waals surface area contributed by atoms with Crippen LogP contribution in [0, 0.1) is 5.92 Å². The Morgan fingerprint density at radius 3 is 2.55 bits per heavy atom. The molecule has 0 N–H and O–H groups in total. The number of nitrogens with zero attached hydrogens (tertiary/aromatic N) is 2. The van der Waals surface area contributed by atoms with Gasteiger partial charge in [-0.3, -0.25) is 9.59 Å². The molecule has 3 fully saturated rings. The van der Waals surface area contributed by atoms with Crippen LogP contribution in [0.25, 0.3) is 0 Å². The zero-order chi connectivity index (χ0) is 16.0. The van der Waals surface area contributed by atoms with Gasteiger partial charge in [-0.2, -0.15) is 0 Å². The summed E-state index contributed by atoms with van der Waals surface area (Å²) in [6.07, 6.45) is 1.80. The predicted octanol–water partition coefficient (Wildman–Crippen LogP) is 0.924. The fourth-order valence-corrected chi connectivity index (χ4v) is 3.74. The zero-order valence-electron chi connectivity index (χ0n) is 12.8. The van der Waals surface area contributed by atoms with Crippen LogP contribution in [0.5, 0.6) is 0 Å². The third kappa shape index (κ3) is 2.30. The molecule has 0 aromatic heterocycles. The fourth-order valence-electron chi connectivity index (χ4n) is 3.74. The summed E-state index contributed by atoms with van der Waals surface area (Å²) in [6.45, 7) is 2.24. The van der Waals surface area contributed by atoms with Crippen molar-refractivity contribution in [2.24, 2.45) is 5.92 Å². The van der Waals surface area contributed by atoms with E-state index in [-0.39, 0.29) is 31.3 Å². The van der Waals surface area contributed by atoms with Gasteiger partial charge in [0.1, 0.15) is 0 Å². The lowest BCUT2D eigenvalue weighted by Crippen LogP contribution is -2.48. The van der Waals surface area contributed by atoms with Crippen LogP contribution < -0.4 is 0 Å². The number of likely N-dealkylation sites (tertiary alicyclic amines) is 2. The lowest BCUT2D eigenvalue weighted by atomic mass is 9.93. The number of alkyl halides is 2. The van der Waals surface area contributed by atoms with Crippen molar-refractivity contribution in [2.45, 2.75) is 37.5 Å². The molecule has 3 saturated heterocycles. The third-order valence-electron chi connectivity index (χ3n) is 5.10. The summed E-state index contributed by atoms with van der Waals surface area (Å²) in [5.74, 6) is -0.878. The van der Waals surface area contributed by atoms with Gasteiger partial charge in [-0.1, -0.05) is 6.92 Å². The van der Waals surface area contributed by atoms with Gasteiger partial charge in [0.2, 0.25) is 11.6 Å². The van der Waals surface area contributed by atoms with E-state index in [1.807, 2.05) is 0 Å². The van der Waals surface area contributed by atoms with E-state index in [9.17, 15) is 9.59 Å². The highest BCUT2D eigenvalue weighted by atomic mass is 19.2. The van der Waals surface area contributed by atoms with Crippen LogP contribution >= 0.6 is 0 Å². The van der Waals surface area contributed by atoms with Crippen LogP contribution in [0.4, 0.5) is 8.78 Å². The SMILES string of the molecule is CCC(=O)N1C[C@@]2(F)CN(CC3CCOCC3)C(=O)[C@@]2(F)C1. The van der Waals surface area contributed by atoms with Crippen LogP contribution in [0.15, 0.2) is 0 Å². The van der Waals surface area contributed by atoms with Crippen molar-refractivity contribution in [1.82, 2.24) is 9.80 Å². The van der Waals surface area contributed by atoms with Crippen molar-refractivity contribution < 1.29 is 23.1 Å².